The molecule has 118 valence electrons. The third kappa shape index (κ3) is 2.81. The minimum absolute atomic E-state index is 0.179. The fourth-order valence-electron chi connectivity index (χ4n) is 2.94. The Hall–Kier alpha value is -2.01. The summed E-state index contributed by atoms with van der Waals surface area (Å²) >= 11 is 0. The van der Waals surface area contributed by atoms with Crippen LogP contribution in [-0.2, 0) is 13.6 Å². The molecule has 1 N–H and O–H groups in total. The van der Waals surface area contributed by atoms with E-state index in [1.165, 1.54) is 16.8 Å². The number of nitrogens with one attached hydrogen (secondary N) is 1. The van der Waals surface area contributed by atoms with Crippen molar-refractivity contribution in [1.82, 2.24) is 15.1 Å². The van der Waals surface area contributed by atoms with Crippen LogP contribution in [0.25, 0.3) is 11.3 Å². The topological polar surface area (TPSA) is 42.3 Å². The summed E-state index contributed by atoms with van der Waals surface area (Å²) in [5.74, 6) is 0.919. The fourth-order valence-corrected chi connectivity index (χ4v) is 2.94. The van der Waals surface area contributed by atoms with E-state index in [9.17, 15) is 0 Å². The second-order valence-corrected chi connectivity index (χ2v) is 6.05. The van der Waals surface area contributed by atoms with Gasteiger partial charge in [0.15, 0.2) is 0 Å². The van der Waals surface area contributed by atoms with Crippen LogP contribution in [0.5, 0.6) is 5.75 Å². The standard InChI is InChI=1S/C17H24N4O/c1-12(2)22-14-5-6-15-16(9-14)21(8-7-18-3)11-13-10-20(4)19-17(13)15/h5-6,9-10,12,18H,7-8,11H2,1-4H3. The number of nitrogens with zero attached hydrogens (tertiary/aromatic N) is 3. The normalized spacial score (nSPS) is 13.2. The monoisotopic (exact) mass is 300 g/mol. The van der Waals surface area contributed by atoms with Crippen LogP contribution in [0.2, 0.25) is 0 Å². The smallest absolute Gasteiger partial charge is 0.121 e. The molecule has 5 heteroatoms. The maximum atomic E-state index is 5.86. The Morgan fingerprint density at radius 1 is 1.36 bits per heavy atom. The van der Waals surface area contributed by atoms with Gasteiger partial charge >= 0.3 is 0 Å². The quantitative estimate of drug-likeness (QED) is 0.921. The van der Waals surface area contributed by atoms with Crippen molar-refractivity contribution < 1.29 is 4.74 Å². The molecule has 3 rings (SSSR count). The van der Waals surface area contributed by atoms with Crippen molar-refractivity contribution >= 4 is 5.69 Å². The first-order chi connectivity index (χ1) is 10.6. The largest absolute Gasteiger partial charge is 0.491 e. The fraction of sp³-hybridized carbons (Fsp3) is 0.471. The molecule has 1 aliphatic rings. The van der Waals surface area contributed by atoms with Crippen molar-refractivity contribution in [1.29, 1.82) is 0 Å². The van der Waals surface area contributed by atoms with Gasteiger partial charge in [-0.15, -0.1) is 0 Å². The van der Waals surface area contributed by atoms with E-state index in [0.29, 0.717) is 0 Å². The van der Waals surface area contributed by atoms with Crippen molar-refractivity contribution in [2.24, 2.45) is 7.05 Å². The van der Waals surface area contributed by atoms with E-state index in [1.54, 1.807) is 0 Å². The first-order valence-corrected chi connectivity index (χ1v) is 7.81. The molecule has 0 unspecified atom stereocenters. The minimum Gasteiger partial charge on any atom is -0.491 e. The molecule has 2 heterocycles. The highest BCUT2D eigenvalue weighted by molar-refractivity contribution is 5.82. The number of aryl methyl sites for hydroxylation is 1. The number of hydrogen-bond donors (Lipinski definition) is 1. The van der Waals surface area contributed by atoms with Crippen molar-refractivity contribution in [2.45, 2.75) is 26.5 Å². The van der Waals surface area contributed by atoms with E-state index in [-0.39, 0.29) is 6.10 Å². The van der Waals surface area contributed by atoms with Gasteiger partial charge < -0.3 is 15.0 Å². The Bertz CT molecular complexity index is 663. The van der Waals surface area contributed by atoms with Gasteiger partial charge in [0.05, 0.1) is 17.5 Å². The van der Waals surface area contributed by atoms with Crippen LogP contribution < -0.4 is 15.0 Å². The maximum Gasteiger partial charge on any atom is 0.121 e. The highest BCUT2D eigenvalue weighted by Gasteiger charge is 2.25. The number of fused-ring (bicyclic) bond motifs is 3. The van der Waals surface area contributed by atoms with Crippen LogP contribution >= 0.6 is 0 Å². The third-order valence-electron chi connectivity index (χ3n) is 3.83. The minimum atomic E-state index is 0.179. The van der Waals surface area contributed by atoms with E-state index >= 15 is 0 Å². The first-order valence-electron chi connectivity index (χ1n) is 7.81. The van der Waals surface area contributed by atoms with E-state index in [1.807, 2.05) is 24.8 Å². The number of rotatable bonds is 5. The van der Waals surface area contributed by atoms with Crippen molar-refractivity contribution in [2.75, 3.05) is 25.0 Å². The molecule has 0 saturated carbocycles. The molecule has 0 spiro atoms. The third-order valence-corrected chi connectivity index (χ3v) is 3.83. The van der Waals surface area contributed by atoms with Crippen LogP contribution in [0.15, 0.2) is 24.4 Å². The van der Waals surface area contributed by atoms with Crippen LogP contribution in [0.1, 0.15) is 19.4 Å². The van der Waals surface area contributed by atoms with E-state index < -0.39 is 0 Å². The summed E-state index contributed by atoms with van der Waals surface area (Å²) in [6, 6.07) is 6.31. The van der Waals surface area contributed by atoms with Gasteiger partial charge in [-0.2, -0.15) is 5.10 Å². The Labute approximate surface area is 131 Å². The zero-order valence-corrected chi connectivity index (χ0v) is 13.8. The van der Waals surface area contributed by atoms with Gasteiger partial charge in [0.1, 0.15) is 5.75 Å². The average Bonchev–Trinajstić information content (AvgIpc) is 2.84. The van der Waals surface area contributed by atoms with Gasteiger partial charge in [0, 0.05) is 50.1 Å². The highest BCUT2D eigenvalue weighted by atomic mass is 16.5. The highest BCUT2D eigenvalue weighted by Crippen LogP contribution is 2.40. The van der Waals surface area contributed by atoms with Gasteiger partial charge in [-0.25, -0.2) is 0 Å². The summed E-state index contributed by atoms with van der Waals surface area (Å²) in [6.07, 6.45) is 2.29. The summed E-state index contributed by atoms with van der Waals surface area (Å²) in [7, 11) is 3.96. The van der Waals surface area contributed by atoms with E-state index in [0.717, 1.165) is 31.1 Å². The number of ether oxygens (including phenoxy) is 1. The summed E-state index contributed by atoms with van der Waals surface area (Å²) in [4.78, 5) is 2.39. The van der Waals surface area contributed by atoms with Crippen molar-refractivity contribution in [3.63, 3.8) is 0 Å². The summed E-state index contributed by atoms with van der Waals surface area (Å²) in [5, 5.41) is 7.86. The molecule has 1 aliphatic heterocycles. The zero-order chi connectivity index (χ0) is 15.7. The SMILES string of the molecule is CNCCN1Cc2cn(C)nc2-c2ccc(OC(C)C)cc21. The molecule has 5 nitrogen and oxygen atoms in total. The summed E-state index contributed by atoms with van der Waals surface area (Å²) < 4.78 is 7.76. The van der Waals surface area contributed by atoms with Crippen LogP contribution in [0, 0.1) is 0 Å². The van der Waals surface area contributed by atoms with Gasteiger partial charge in [-0.05, 0) is 33.0 Å². The number of anilines is 1. The Balaban J connectivity index is 2.02. The predicted octanol–water partition coefficient (Wildman–Crippen LogP) is 2.41. The molecular weight excluding hydrogens is 276 g/mol. The van der Waals surface area contributed by atoms with Crippen LogP contribution in [0.3, 0.4) is 0 Å². The molecule has 0 radical (unpaired) electrons. The van der Waals surface area contributed by atoms with Crippen LogP contribution in [0.4, 0.5) is 5.69 Å². The lowest BCUT2D eigenvalue weighted by Crippen LogP contribution is -2.32. The molecule has 0 bridgehead atoms. The van der Waals surface area contributed by atoms with Gasteiger partial charge in [0.25, 0.3) is 0 Å². The Kier molecular flexibility index (Phi) is 4.07. The summed E-state index contributed by atoms with van der Waals surface area (Å²) in [5.41, 5.74) is 4.77. The Morgan fingerprint density at radius 2 is 2.18 bits per heavy atom. The number of aromatic nitrogens is 2. The Morgan fingerprint density at radius 3 is 2.91 bits per heavy atom. The molecular formula is C17H24N4O. The van der Waals surface area contributed by atoms with Gasteiger partial charge in [-0.1, -0.05) is 0 Å². The number of hydrogen-bond acceptors (Lipinski definition) is 4. The molecule has 0 aliphatic carbocycles. The zero-order valence-electron chi connectivity index (χ0n) is 13.8. The number of benzene rings is 1. The second kappa shape index (κ2) is 6.01. The molecule has 0 fully saturated rings. The molecule has 2 aromatic rings. The molecule has 0 atom stereocenters. The van der Waals surface area contributed by atoms with E-state index in [4.69, 9.17) is 4.74 Å². The second-order valence-electron chi connectivity index (χ2n) is 6.05. The summed E-state index contributed by atoms with van der Waals surface area (Å²) in [6.45, 7) is 6.90. The van der Waals surface area contributed by atoms with Gasteiger partial charge in [-0.3, -0.25) is 4.68 Å². The first kappa shape index (κ1) is 14.9. The predicted molar refractivity (Wildman–Crippen MR) is 89.4 cm³/mol. The lowest BCUT2D eigenvalue weighted by molar-refractivity contribution is 0.242. The van der Waals surface area contributed by atoms with Crippen molar-refractivity contribution in [3.8, 4) is 17.0 Å². The van der Waals surface area contributed by atoms with Crippen LogP contribution in [-0.4, -0.2) is 36.0 Å². The molecule has 22 heavy (non-hydrogen) atoms. The lowest BCUT2D eigenvalue weighted by atomic mass is 10.00. The molecule has 1 aromatic carbocycles. The number of likely N-dealkylation sites (N-methyl/N-ethyl adjacent to an activating group) is 1. The lowest BCUT2D eigenvalue weighted by Gasteiger charge is -2.31. The maximum absolute atomic E-state index is 5.86. The van der Waals surface area contributed by atoms with E-state index in [2.05, 4.69) is 47.5 Å². The molecule has 0 saturated heterocycles. The average molecular weight is 300 g/mol. The van der Waals surface area contributed by atoms with Crippen molar-refractivity contribution in [3.05, 3.63) is 30.0 Å². The van der Waals surface area contributed by atoms with Gasteiger partial charge in [0.2, 0.25) is 0 Å². The molecule has 0 amide bonds. The molecule has 1 aromatic heterocycles.